The molecular formula is C17H26N2O2. The molecule has 21 heavy (non-hydrogen) atoms. The van der Waals surface area contributed by atoms with Gasteiger partial charge in [-0.2, -0.15) is 0 Å². The van der Waals surface area contributed by atoms with E-state index in [0.717, 1.165) is 18.5 Å². The maximum atomic E-state index is 12.2. The Morgan fingerprint density at radius 2 is 2.00 bits per heavy atom. The van der Waals surface area contributed by atoms with Crippen molar-refractivity contribution in [3.05, 3.63) is 29.3 Å². The van der Waals surface area contributed by atoms with E-state index in [2.05, 4.69) is 16.7 Å². The van der Waals surface area contributed by atoms with Crippen molar-refractivity contribution in [2.24, 2.45) is 5.41 Å². The number of anilines is 1. The summed E-state index contributed by atoms with van der Waals surface area (Å²) in [6.07, 6.45) is 4.51. The van der Waals surface area contributed by atoms with E-state index >= 15 is 0 Å². The molecule has 0 radical (unpaired) electrons. The van der Waals surface area contributed by atoms with Crippen molar-refractivity contribution in [1.82, 2.24) is 5.32 Å². The Balaban J connectivity index is 2.06. The zero-order valence-corrected chi connectivity index (χ0v) is 13.2. The summed E-state index contributed by atoms with van der Waals surface area (Å²) in [6, 6.07) is 5.57. The first-order valence-electron chi connectivity index (χ1n) is 7.71. The summed E-state index contributed by atoms with van der Waals surface area (Å²) in [6.45, 7) is 5.93. The molecule has 2 amide bonds. The van der Waals surface area contributed by atoms with Gasteiger partial charge in [-0.15, -0.1) is 0 Å². The number of fused-ring (bicyclic) bond motifs is 1. The Labute approximate surface area is 126 Å². The smallest absolute Gasteiger partial charge is 0.319 e. The van der Waals surface area contributed by atoms with Crippen LogP contribution in [-0.4, -0.2) is 23.8 Å². The van der Waals surface area contributed by atoms with E-state index in [-0.39, 0.29) is 24.1 Å². The molecule has 0 unspecified atom stereocenters. The van der Waals surface area contributed by atoms with Gasteiger partial charge in [0.2, 0.25) is 0 Å². The minimum atomic E-state index is -0.267. The van der Waals surface area contributed by atoms with Gasteiger partial charge < -0.3 is 15.7 Å². The Hall–Kier alpha value is -1.55. The lowest BCUT2D eigenvalue weighted by molar-refractivity contribution is 0.162. The molecule has 0 bridgehead atoms. The van der Waals surface area contributed by atoms with E-state index in [1.807, 2.05) is 32.9 Å². The Kier molecular flexibility index (Phi) is 4.88. The maximum Gasteiger partial charge on any atom is 0.319 e. The molecule has 2 rings (SSSR count). The highest BCUT2D eigenvalue weighted by Crippen LogP contribution is 2.28. The Morgan fingerprint density at radius 1 is 1.29 bits per heavy atom. The highest BCUT2D eigenvalue weighted by molar-refractivity contribution is 5.90. The quantitative estimate of drug-likeness (QED) is 0.801. The van der Waals surface area contributed by atoms with Gasteiger partial charge in [-0.25, -0.2) is 4.79 Å². The maximum absolute atomic E-state index is 12.2. The second-order valence-corrected chi connectivity index (χ2v) is 6.85. The summed E-state index contributed by atoms with van der Waals surface area (Å²) in [7, 11) is 0. The first-order chi connectivity index (χ1) is 9.91. The number of urea groups is 1. The number of hydrogen-bond donors (Lipinski definition) is 3. The summed E-state index contributed by atoms with van der Waals surface area (Å²) in [4.78, 5) is 12.2. The monoisotopic (exact) mass is 290 g/mol. The molecule has 4 nitrogen and oxygen atoms in total. The van der Waals surface area contributed by atoms with Crippen molar-refractivity contribution in [3.63, 3.8) is 0 Å². The summed E-state index contributed by atoms with van der Waals surface area (Å²) < 4.78 is 0. The van der Waals surface area contributed by atoms with Crippen LogP contribution in [0.25, 0.3) is 0 Å². The van der Waals surface area contributed by atoms with Crippen molar-refractivity contribution in [2.45, 2.75) is 52.5 Å². The first kappa shape index (κ1) is 15.8. The largest absolute Gasteiger partial charge is 0.394 e. The third-order valence-corrected chi connectivity index (χ3v) is 4.18. The fraction of sp³-hybridized carbons (Fsp3) is 0.588. The Bertz CT molecular complexity index is 506. The van der Waals surface area contributed by atoms with Crippen LogP contribution in [0.3, 0.4) is 0 Å². The average molecular weight is 290 g/mol. The second kappa shape index (κ2) is 6.48. The van der Waals surface area contributed by atoms with Gasteiger partial charge in [0.25, 0.3) is 0 Å². The number of carbonyl (C=O) groups is 1. The van der Waals surface area contributed by atoms with Crippen LogP contribution in [0.2, 0.25) is 0 Å². The molecule has 1 aliphatic carbocycles. The summed E-state index contributed by atoms with van der Waals surface area (Å²) >= 11 is 0. The fourth-order valence-corrected chi connectivity index (χ4v) is 2.75. The third-order valence-electron chi connectivity index (χ3n) is 4.18. The molecular weight excluding hydrogens is 264 g/mol. The number of carbonyl (C=O) groups excluding carboxylic acids is 1. The van der Waals surface area contributed by atoms with E-state index in [1.165, 1.54) is 24.0 Å². The van der Waals surface area contributed by atoms with Crippen LogP contribution in [0.4, 0.5) is 10.5 Å². The predicted octanol–water partition coefficient (Wildman–Crippen LogP) is 3.09. The van der Waals surface area contributed by atoms with Crippen LogP contribution < -0.4 is 10.6 Å². The lowest BCUT2D eigenvalue weighted by atomic mass is 9.87. The van der Waals surface area contributed by atoms with Gasteiger partial charge in [0.1, 0.15) is 0 Å². The van der Waals surface area contributed by atoms with Gasteiger partial charge in [0, 0.05) is 5.69 Å². The van der Waals surface area contributed by atoms with Crippen LogP contribution >= 0.6 is 0 Å². The van der Waals surface area contributed by atoms with E-state index < -0.39 is 0 Å². The van der Waals surface area contributed by atoms with E-state index in [0.29, 0.717) is 0 Å². The topological polar surface area (TPSA) is 61.4 Å². The minimum absolute atomic E-state index is 0.0657. The lowest BCUT2D eigenvalue weighted by Crippen LogP contribution is -2.47. The van der Waals surface area contributed by atoms with Crippen LogP contribution in [0, 0.1) is 5.41 Å². The Morgan fingerprint density at radius 3 is 2.67 bits per heavy atom. The third kappa shape index (κ3) is 3.97. The molecule has 0 heterocycles. The van der Waals surface area contributed by atoms with Gasteiger partial charge >= 0.3 is 6.03 Å². The normalized spacial score (nSPS) is 16.0. The molecule has 1 aliphatic rings. The molecule has 1 aromatic rings. The van der Waals surface area contributed by atoms with Crippen LogP contribution in [0.1, 0.15) is 44.7 Å². The van der Waals surface area contributed by atoms with Crippen molar-refractivity contribution in [1.29, 1.82) is 0 Å². The summed E-state index contributed by atoms with van der Waals surface area (Å²) in [5, 5.41) is 15.2. The highest BCUT2D eigenvalue weighted by Gasteiger charge is 2.25. The molecule has 4 heteroatoms. The molecule has 0 fully saturated rings. The van der Waals surface area contributed by atoms with E-state index in [9.17, 15) is 9.90 Å². The van der Waals surface area contributed by atoms with Gasteiger partial charge in [-0.1, -0.05) is 32.9 Å². The van der Waals surface area contributed by atoms with Crippen molar-refractivity contribution < 1.29 is 9.90 Å². The van der Waals surface area contributed by atoms with Gasteiger partial charge in [-0.3, -0.25) is 0 Å². The van der Waals surface area contributed by atoms with Crippen LogP contribution in [0.5, 0.6) is 0 Å². The van der Waals surface area contributed by atoms with Gasteiger partial charge in [-0.05, 0) is 48.3 Å². The number of nitrogens with one attached hydrogen (secondary N) is 2. The number of aliphatic hydroxyl groups is 1. The standard InChI is InChI=1S/C17H26N2O2/c1-17(2,3)15(11-20)19-16(21)18-14-10-6-8-12-7-4-5-9-13(12)14/h6,8,10,15,20H,4-5,7,9,11H2,1-3H3,(H2,18,19,21)/t15-/m0/s1. The van der Waals surface area contributed by atoms with Crippen LogP contribution in [-0.2, 0) is 12.8 Å². The van der Waals surface area contributed by atoms with Crippen LogP contribution in [0.15, 0.2) is 18.2 Å². The average Bonchev–Trinajstić information content (AvgIpc) is 2.44. The second-order valence-electron chi connectivity index (χ2n) is 6.85. The van der Waals surface area contributed by atoms with Crippen molar-refractivity contribution in [3.8, 4) is 0 Å². The number of benzene rings is 1. The van der Waals surface area contributed by atoms with Gasteiger partial charge in [0.05, 0.1) is 12.6 Å². The molecule has 1 aromatic carbocycles. The SMILES string of the molecule is CC(C)(C)[C@H](CO)NC(=O)Nc1cccc2c1CCCC2. The molecule has 116 valence electrons. The van der Waals surface area contributed by atoms with Gasteiger partial charge in [0.15, 0.2) is 0 Å². The molecule has 0 spiro atoms. The number of aryl methyl sites for hydroxylation is 1. The molecule has 0 aliphatic heterocycles. The number of aliphatic hydroxyl groups excluding tert-OH is 1. The zero-order chi connectivity index (χ0) is 15.5. The lowest BCUT2D eigenvalue weighted by Gasteiger charge is -2.30. The van der Waals surface area contributed by atoms with E-state index in [1.54, 1.807) is 0 Å². The van der Waals surface area contributed by atoms with Crippen molar-refractivity contribution >= 4 is 11.7 Å². The molecule has 0 saturated carbocycles. The minimum Gasteiger partial charge on any atom is -0.394 e. The summed E-state index contributed by atoms with van der Waals surface area (Å²) in [5.41, 5.74) is 3.32. The fourth-order valence-electron chi connectivity index (χ4n) is 2.75. The summed E-state index contributed by atoms with van der Waals surface area (Å²) in [5.74, 6) is 0. The van der Waals surface area contributed by atoms with Crippen molar-refractivity contribution in [2.75, 3.05) is 11.9 Å². The molecule has 1 atom stereocenters. The number of amides is 2. The molecule has 3 N–H and O–H groups in total. The molecule has 0 aromatic heterocycles. The highest BCUT2D eigenvalue weighted by atomic mass is 16.3. The molecule has 0 saturated heterocycles. The van der Waals surface area contributed by atoms with E-state index in [4.69, 9.17) is 0 Å². The first-order valence-corrected chi connectivity index (χ1v) is 7.71. The predicted molar refractivity (Wildman–Crippen MR) is 85.6 cm³/mol. The zero-order valence-electron chi connectivity index (χ0n) is 13.2. The number of hydrogen-bond acceptors (Lipinski definition) is 2. The number of rotatable bonds is 3.